The van der Waals surface area contributed by atoms with Crippen LogP contribution in [-0.2, 0) is 4.79 Å². The van der Waals surface area contributed by atoms with Gasteiger partial charge in [0.25, 0.3) is 0 Å². The van der Waals surface area contributed by atoms with E-state index < -0.39 is 0 Å². The van der Waals surface area contributed by atoms with Gasteiger partial charge in [0.1, 0.15) is 6.29 Å². The van der Waals surface area contributed by atoms with Crippen LogP contribution in [0.4, 0.5) is 0 Å². The zero-order valence-electron chi connectivity index (χ0n) is 5.40. The molecule has 0 unspecified atom stereocenters. The lowest BCUT2D eigenvalue weighted by atomic mass is 10.5. The maximum atomic E-state index is 9.74. The molecule has 0 radical (unpaired) electrons. The third-order valence-electron chi connectivity index (χ3n) is 0.814. The van der Waals surface area contributed by atoms with Crippen molar-refractivity contribution in [2.24, 2.45) is 0 Å². The summed E-state index contributed by atoms with van der Waals surface area (Å²) in [5, 5.41) is 12.2. The highest BCUT2D eigenvalue weighted by molar-refractivity contribution is 5.76. The van der Waals surface area contributed by atoms with Gasteiger partial charge in [0.05, 0.1) is 0 Å². The largest absolute Gasteiger partial charge is 0.360 e. The Hall–Kier alpha value is -1.06. The molecule has 0 aromatic rings. The minimum Gasteiger partial charge on any atom is -0.360 e. The first-order chi connectivity index (χ1) is 4.31. The first-order valence-corrected chi connectivity index (χ1v) is 2.75. The normalized spacial score (nSPS) is 8.11. The number of nitrogens with one attached hydrogen (secondary N) is 3. The molecule has 0 amide bonds. The quantitative estimate of drug-likeness (QED) is 0.205. The first kappa shape index (κ1) is 7.94. The van der Waals surface area contributed by atoms with Gasteiger partial charge in [-0.25, -0.2) is 0 Å². The molecule has 0 aliphatic carbocycles. The smallest absolute Gasteiger partial charge is 0.188 e. The van der Waals surface area contributed by atoms with E-state index >= 15 is 0 Å². The first-order valence-electron chi connectivity index (χ1n) is 2.75. The number of carbonyl (C=O) groups is 1. The molecule has 4 heteroatoms. The molecule has 0 saturated carbocycles. The van der Waals surface area contributed by atoms with Crippen molar-refractivity contribution in [2.75, 3.05) is 13.6 Å². The standard InChI is InChI=1S/C5H11N3O/c1-7-5(6)8-3-2-4-9/h4H,2-3H2,1H3,(H3,6,7,8). The van der Waals surface area contributed by atoms with E-state index in [1.54, 1.807) is 7.05 Å². The second-order valence-electron chi connectivity index (χ2n) is 1.51. The third-order valence-corrected chi connectivity index (χ3v) is 0.814. The van der Waals surface area contributed by atoms with E-state index in [1.165, 1.54) is 0 Å². The van der Waals surface area contributed by atoms with E-state index in [-0.39, 0.29) is 5.96 Å². The van der Waals surface area contributed by atoms with Gasteiger partial charge in [-0.3, -0.25) is 5.41 Å². The van der Waals surface area contributed by atoms with Gasteiger partial charge in [-0.1, -0.05) is 0 Å². The molecule has 0 atom stereocenters. The summed E-state index contributed by atoms with van der Waals surface area (Å²) in [7, 11) is 1.65. The zero-order chi connectivity index (χ0) is 7.11. The Labute approximate surface area is 54.1 Å². The molecule has 0 aromatic carbocycles. The van der Waals surface area contributed by atoms with Crippen LogP contribution in [0.3, 0.4) is 0 Å². The average Bonchev–Trinajstić information content (AvgIpc) is 1.89. The minimum absolute atomic E-state index is 0.247. The highest BCUT2D eigenvalue weighted by Crippen LogP contribution is 1.65. The molecule has 9 heavy (non-hydrogen) atoms. The Kier molecular flexibility index (Phi) is 4.49. The van der Waals surface area contributed by atoms with Crippen LogP contribution < -0.4 is 10.6 Å². The summed E-state index contributed by atoms with van der Waals surface area (Å²) in [4.78, 5) is 9.74. The highest BCUT2D eigenvalue weighted by Gasteiger charge is 1.86. The number of hydrogen-bond donors (Lipinski definition) is 3. The van der Waals surface area contributed by atoms with E-state index in [2.05, 4.69) is 10.6 Å². The summed E-state index contributed by atoms with van der Waals surface area (Å²) in [5.41, 5.74) is 0. The van der Waals surface area contributed by atoms with Crippen molar-refractivity contribution < 1.29 is 4.79 Å². The SMILES string of the molecule is CNC(=N)NCCC=O. The van der Waals surface area contributed by atoms with Gasteiger partial charge in [-0.2, -0.15) is 0 Å². The van der Waals surface area contributed by atoms with Gasteiger partial charge in [0.2, 0.25) is 0 Å². The molecule has 0 saturated heterocycles. The molecule has 0 rings (SSSR count). The lowest BCUT2D eigenvalue weighted by Gasteiger charge is -2.02. The van der Waals surface area contributed by atoms with Crippen LogP contribution in [0.25, 0.3) is 0 Å². The molecular formula is C5H11N3O. The van der Waals surface area contributed by atoms with Gasteiger partial charge in [-0.15, -0.1) is 0 Å². The summed E-state index contributed by atoms with van der Waals surface area (Å²) in [6.07, 6.45) is 1.26. The van der Waals surface area contributed by atoms with Crippen LogP contribution in [-0.4, -0.2) is 25.8 Å². The van der Waals surface area contributed by atoms with Gasteiger partial charge < -0.3 is 15.4 Å². The molecule has 0 bridgehead atoms. The second-order valence-corrected chi connectivity index (χ2v) is 1.51. The monoisotopic (exact) mass is 129 g/mol. The molecule has 4 nitrogen and oxygen atoms in total. The molecule has 0 fully saturated rings. The topological polar surface area (TPSA) is 65.0 Å². The predicted molar refractivity (Wildman–Crippen MR) is 35.5 cm³/mol. The summed E-state index contributed by atoms with van der Waals surface area (Å²) in [6.45, 7) is 0.531. The Morgan fingerprint density at radius 3 is 2.89 bits per heavy atom. The van der Waals surface area contributed by atoms with Crippen LogP contribution in [0.15, 0.2) is 0 Å². The molecule has 0 spiro atoms. The summed E-state index contributed by atoms with van der Waals surface area (Å²) >= 11 is 0. The molecule has 0 aliphatic heterocycles. The molecule has 52 valence electrons. The van der Waals surface area contributed by atoms with Crippen molar-refractivity contribution in [2.45, 2.75) is 6.42 Å². The lowest BCUT2D eigenvalue weighted by Crippen LogP contribution is -2.34. The maximum Gasteiger partial charge on any atom is 0.188 e. The summed E-state index contributed by atoms with van der Waals surface area (Å²) < 4.78 is 0. The Balaban J connectivity index is 3.06. The van der Waals surface area contributed by atoms with E-state index in [4.69, 9.17) is 5.41 Å². The maximum absolute atomic E-state index is 9.74. The average molecular weight is 129 g/mol. The number of rotatable bonds is 3. The van der Waals surface area contributed by atoms with E-state index in [1.807, 2.05) is 0 Å². The van der Waals surface area contributed by atoms with Crippen molar-refractivity contribution in [3.63, 3.8) is 0 Å². The van der Waals surface area contributed by atoms with Crippen molar-refractivity contribution in [1.82, 2.24) is 10.6 Å². The Morgan fingerprint density at radius 1 is 1.78 bits per heavy atom. The fraction of sp³-hybridized carbons (Fsp3) is 0.600. The van der Waals surface area contributed by atoms with Gasteiger partial charge in [0, 0.05) is 20.0 Å². The predicted octanol–water partition coefficient (Wildman–Crippen LogP) is -0.681. The fourth-order valence-electron chi connectivity index (χ4n) is 0.344. The lowest BCUT2D eigenvalue weighted by molar-refractivity contribution is -0.107. The van der Waals surface area contributed by atoms with Gasteiger partial charge in [-0.05, 0) is 0 Å². The number of guanidine groups is 1. The van der Waals surface area contributed by atoms with Gasteiger partial charge >= 0.3 is 0 Å². The molecular weight excluding hydrogens is 118 g/mol. The number of carbonyl (C=O) groups excluding carboxylic acids is 1. The van der Waals surface area contributed by atoms with Crippen molar-refractivity contribution in [1.29, 1.82) is 5.41 Å². The highest BCUT2D eigenvalue weighted by atomic mass is 16.1. The van der Waals surface area contributed by atoms with Crippen LogP contribution in [0.2, 0.25) is 0 Å². The van der Waals surface area contributed by atoms with Gasteiger partial charge in [0.15, 0.2) is 5.96 Å². The van der Waals surface area contributed by atoms with Crippen LogP contribution in [0.5, 0.6) is 0 Å². The van der Waals surface area contributed by atoms with Crippen molar-refractivity contribution in [3.05, 3.63) is 0 Å². The third kappa shape index (κ3) is 4.80. The fourth-order valence-corrected chi connectivity index (χ4v) is 0.344. The van der Waals surface area contributed by atoms with Crippen LogP contribution in [0.1, 0.15) is 6.42 Å². The molecule has 3 N–H and O–H groups in total. The second kappa shape index (κ2) is 5.08. The summed E-state index contributed by atoms with van der Waals surface area (Å²) in [5.74, 6) is 0.247. The van der Waals surface area contributed by atoms with E-state index in [9.17, 15) is 4.79 Å². The zero-order valence-corrected chi connectivity index (χ0v) is 5.40. The van der Waals surface area contributed by atoms with Crippen LogP contribution >= 0.6 is 0 Å². The van der Waals surface area contributed by atoms with Crippen molar-refractivity contribution in [3.8, 4) is 0 Å². The summed E-state index contributed by atoms with van der Waals surface area (Å²) in [6, 6.07) is 0. The van der Waals surface area contributed by atoms with Crippen LogP contribution in [0, 0.1) is 5.41 Å². The molecule has 0 heterocycles. The molecule has 0 aromatic heterocycles. The molecule has 0 aliphatic rings. The Bertz CT molecular complexity index is 102. The van der Waals surface area contributed by atoms with E-state index in [0.717, 1.165) is 6.29 Å². The van der Waals surface area contributed by atoms with E-state index in [0.29, 0.717) is 13.0 Å². The number of aldehydes is 1. The Morgan fingerprint density at radius 2 is 2.44 bits per heavy atom. The van der Waals surface area contributed by atoms with Crippen molar-refractivity contribution >= 4 is 12.2 Å². The number of hydrogen-bond acceptors (Lipinski definition) is 2. The minimum atomic E-state index is 0.247.